The number of thiophene rings is 1. The van der Waals surface area contributed by atoms with Gasteiger partial charge in [-0.05, 0) is 35.6 Å². The largest absolute Gasteiger partial charge is 0.351 e. The molecule has 2 aliphatic rings. The van der Waals surface area contributed by atoms with Crippen molar-refractivity contribution < 1.29 is 13.2 Å². The minimum absolute atomic E-state index is 0.0262. The first-order valence-corrected chi connectivity index (χ1v) is 10.6. The van der Waals surface area contributed by atoms with Gasteiger partial charge in [0.1, 0.15) is 0 Å². The van der Waals surface area contributed by atoms with Crippen molar-refractivity contribution in [3.8, 4) is 0 Å². The van der Waals surface area contributed by atoms with Gasteiger partial charge in [-0.1, -0.05) is 19.9 Å². The predicted octanol–water partition coefficient (Wildman–Crippen LogP) is 2.06. The van der Waals surface area contributed by atoms with Crippen LogP contribution in [0.3, 0.4) is 0 Å². The Morgan fingerprint density at radius 1 is 1.52 bits per heavy atom. The van der Waals surface area contributed by atoms with Crippen molar-refractivity contribution in [1.29, 1.82) is 0 Å². The van der Waals surface area contributed by atoms with Crippen LogP contribution in [0.15, 0.2) is 17.5 Å². The summed E-state index contributed by atoms with van der Waals surface area (Å²) in [6.45, 7) is 5.48. The Morgan fingerprint density at radius 2 is 2.30 bits per heavy atom. The molecule has 1 saturated heterocycles. The number of carbonyl (C=O) groups excluding carboxylic acids is 1. The van der Waals surface area contributed by atoms with Crippen LogP contribution in [0.1, 0.15) is 31.6 Å². The van der Waals surface area contributed by atoms with Crippen LogP contribution in [0.4, 0.5) is 0 Å². The molecule has 2 atom stereocenters. The van der Waals surface area contributed by atoms with E-state index in [4.69, 9.17) is 0 Å². The molecule has 0 bridgehead atoms. The highest BCUT2D eigenvalue weighted by atomic mass is 32.2. The highest BCUT2D eigenvalue weighted by molar-refractivity contribution is 7.89. The SMILES string of the molecule is CC(C)CS(=O)(=O)N1CC[C@]2(C[C@@H]2C(=O)NCc2cccs2)C1. The number of sulfonamides is 1. The Hall–Kier alpha value is -0.920. The normalized spacial score (nSPS) is 27.7. The molecule has 2 heterocycles. The van der Waals surface area contributed by atoms with Crippen molar-refractivity contribution >= 4 is 27.3 Å². The lowest BCUT2D eigenvalue weighted by molar-refractivity contribution is -0.123. The molecule has 1 aromatic rings. The smallest absolute Gasteiger partial charge is 0.224 e. The molecule has 1 aliphatic heterocycles. The summed E-state index contributed by atoms with van der Waals surface area (Å²) in [5, 5.41) is 4.98. The topological polar surface area (TPSA) is 66.5 Å². The zero-order valence-corrected chi connectivity index (χ0v) is 15.3. The second kappa shape index (κ2) is 6.18. The number of nitrogens with one attached hydrogen (secondary N) is 1. The van der Waals surface area contributed by atoms with E-state index in [0.717, 1.165) is 17.7 Å². The molecule has 1 aliphatic carbocycles. The van der Waals surface area contributed by atoms with Crippen molar-refractivity contribution in [3.05, 3.63) is 22.4 Å². The second-order valence-corrected chi connectivity index (χ2v) is 10.2. The third-order valence-electron chi connectivity index (χ3n) is 4.81. The van der Waals surface area contributed by atoms with E-state index in [-0.39, 0.29) is 28.9 Å². The number of hydrogen-bond acceptors (Lipinski definition) is 4. The van der Waals surface area contributed by atoms with Crippen LogP contribution >= 0.6 is 11.3 Å². The van der Waals surface area contributed by atoms with Crippen LogP contribution < -0.4 is 5.32 Å². The summed E-state index contributed by atoms with van der Waals surface area (Å²) in [6.07, 6.45) is 1.62. The number of hydrogen-bond donors (Lipinski definition) is 1. The van der Waals surface area contributed by atoms with Gasteiger partial charge in [-0.15, -0.1) is 11.3 Å². The number of rotatable bonds is 6. The standard InChI is InChI=1S/C16H24N2O3S2/c1-12(2)10-23(20,21)18-6-5-16(11-18)8-14(16)15(19)17-9-13-4-3-7-22-13/h3-4,7,12,14H,5-6,8-11H2,1-2H3,(H,17,19)/t14-,16+/m1/s1. The monoisotopic (exact) mass is 356 g/mol. The van der Waals surface area contributed by atoms with Gasteiger partial charge in [0.2, 0.25) is 15.9 Å². The highest BCUT2D eigenvalue weighted by Gasteiger charge is 2.61. The number of nitrogens with zero attached hydrogens (tertiary/aromatic N) is 1. The summed E-state index contributed by atoms with van der Waals surface area (Å²) < 4.78 is 26.3. The fraction of sp³-hybridized carbons (Fsp3) is 0.688. The molecule has 0 radical (unpaired) electrons. The van der Waals surface area contributed by atoms with Crippen LogP contribution in [0.2, 0.25) is 0 Å². The molecule has 1 amide bonds. The van der Waals surface area contributed by atoms with Crippen LogP contribution in [0.25, 0.3) is 0 Å². The van der Waals surface area contributed by atoms with E-state index >= 15 is 0 Å². The van der Waals surface area contributed by atoms with Crippen LogP contribution in [0, 0.1) is 17.3 Å². The molecule has 1 spiro atoms. The maximum atomic E-state index is 12.3. The van der Waals surface area contributed by atoms with E-state index in [0.29, 0.717) is 19.6 Å². The lowest BCUT2D eigenvalue weighted by Gasteiger charge is -2.18. The first-order valence-electron chi connectivity index (χ1n) is 8.10. The summed E-state index contributed by atoms with van der Waals surface area (Å²) in [4.78, 5) is 13.5. The molecular formula is C16H24N2O3S2. The predicted molar refractivity (Wildman–Crippen MR) is 91.5 cm³/mol. The van der Waals surface area contributed by atoms with E-state index in [1.807, 2.05) is 31.4 Å². The van der Waals surface area contributed by atoms with Gasteiger partial charge in [0.25, 0.3) is 0 Å². The Bertz CT molecular complexity index is 670. The highest BCUT2D eigenvalue weighted by Crippen LogP contribution is 2.59. The first kappa shape index (κ1) is 16.9. The van der Waals surface area contributed by atoms with E-state index < -0.39 is 10.0 Å². The molecule has 7 heteroatoms. The molecule has 3 rings (SSSR count). The lowest BCUT2D eigenvalue weighted by atomic mass is 10.0. The fourth-order valence-electron chi connectivity index (χ4n) is 3.50. The third kappa shape index (κ3) is 3.61. The van der Waals surface area contributed by atoms with Gasteiger partial charge in [-0.3, -0.25) is 4.79 Å². The molecular weight excluding hydrogens is 332 g/mol. The summed E-state index contributed by atoms with van der Waals surface area (Å²) in [7, 11) is -3.18. The van der Waals surface area contributed by atoms with Crippen LogP contribution in [-0.4, -0.2) is 37.5 Å². The zero-order chi connectivity index (χ0) is 16.7. The quantitative estimate of drug-likeness (QED) is 0.848. The minimum Gasteiger partial charge on any atom is -0.351 e. The summed E-state index contributed by atoms with van der Waals surface area (Å²) in [5.41, 5.74) is -0.108. The van der Waals surface area contributed by atoms with E-state index in [2.05, 4.69) is 5.32 Å². The van der Waals surface area contributed by atoms with Crippen molar-refractivity contribution in [1.82, 2.24) is 9.62 Å². The Morgan fingerprint density at radius 3 is 2.96 bits per heavy atom. The summed E-state index contributed by atoms with van der Waals surface area (Å²) in [5.74, 6) is 0.363. The third-order valence-corrected chi connectivity index (χ3v) is 7.87. The number of amides is 1. The Labute approximate surface area is 142 Å². The average molecular weight is 357 g/mol. The van der Waals surface area contributed by atoms with Crippen LogP contribution in [-0.2, 0) is 21.4 Å². The van der Waals surface area contributed by atoms with Gasteiger partial charge in [0, 0.05) is 23.9 Å². The fourth-order valence-corrected chi connectivity index (χ4v) is 6.02. The maximum absolute atomic E-state index is 12.3. The van der Waals surface area contributed by atoms with Gasteiger partial charge in [0.05, 0.1) is 12.3 Å². The van der Waals surface area contributed by atoms with Crippen molar-refractivity contribution in [2.75, 3.05) is 18.8 Å². The molecule has 0 aromatic carbocycles. The zero-order valence-electron chi connectivity index (χ0n) is 13.6. The molecule has 0 unspecified atom stereocenters. The lowest BCUT2D eigenvalue weighted by Crippen LogP contribution is -2.33. The summed E-state index contributed by atoms with van der Waals surface area (Å²) in [6, 6.07) is 3.97. The second-order valence-electron chi connectivity index (χ2n) is 7.17. The van der Waals surface area contributed by atoms with Gasteiger partial charge in [-0.2, -0.15) is 0 Å². The molecule has 1 saturated carbocycles. The Kier molecular flexibility index (Phi) is 4.55. The number of carbonyl (C=O) groups is 1. The van der Waals surface area contributed by atoms with Gasteiger partial charge >= 0.3 is 0 Å². The first-order chi connectivity index (χ1) is 10.8. The van der Waals surface area contributed by atoms with Crippen molar-refractivity contribution in [2.24, 2.45) is 17.3 Å². The van der Waals surface area contributed by atoms with E-state index in [9.17, 15) is 13.2 Å². The molecule has 1 N–H and O–H groups in total. The molecule has 23 heavy (non-hydrogen) atoms. The summed E-state index contributed by atoms with van der Waals surface area (Å²) >= 11 is 1.63. The molecule has 128 valence electrons. The van der Waals surface area contributed by atoms with Crippen LogP contribution in [0.5, 0.6) is 0 Å². The maximum Gasteiger partial charge on any atom is 0.224 e. The van der Waals surface area contributed by atoms with Crippen molar-refractivity contribution in [3.63, 3.8) is 0 Å². The van der Waals surface area contributed by atoms with E-state index in [1.165, 1.54) is 0 Å². The van der Waals surface area contributed by atoms with Gasteiger partial charge in [0.15, 0.2) is 0 Å². The van der Waals surface area contributed by atoms with Crippen molar-refractivity contribution in [2.45, 2.75) is 33.2 Å². The van der Waals surface area contributed by atoms with E-state index in [1.54, 1.807) is 15.6 Å². The van der Waals surface area contributed by atoms with Gasteiger partial charge < -0.3 is 5.32 Å². The molecule has 1 aromatic heterocycles. The molecule has 2 fully saturated rings. The Balaban J connectivity index is 1.54. The van der Waals surface area contributed by atoms with Gasteiger partial charge in [-0.25, -0.2) is 12.7 Å². The molecule has 5 nitrogen and oxygen atoms in total. The average Bonchev–Trinajstić information content (AvgIpc) is 2.82. The minimum atomic E-state index is -3.18.